The normalized spacial score (nSPS) is 15.0. The van der Waals surface area contributed by atoms with Gasteiger partial charge in [-0.15, -0.1) is 0 Å². The Morgan fingerprint density at radius 2 is 1.86 bits per heavy atom. The van der Waals surface area contributed by atoms with E-state index in [2.05, 4.69) is 57.1 Å². The number of ether oxygens (including phenoxy) is 2. The molecule has 0 aromatic heterocycles. The summed E-state index contributed by atoms with van der Waals surface area (Å²) in [6.07, 6.45) is 3.19. The van der Waals surface area contributed by atoms with Gasteiger partial charge in [0, 0.05) is 28.6 Å². The molecule has 4 rings (SSSR count). The molecule has 0 atom stereocenters. The Labute approximate surface area is 142 Å². The predicted molar refractivity (Wildman–Crippen MR) is 80.4 cm³/mol. The lowest BCUT2D eigenvalue weighted by atomic mass is 10.0. The monoisotopic (exact) mass is 409 g/mol. The Kier molecular flexibility index (Phi) is 4.04. The van der Waals surface area contributed by atoms with Crippen molar-refractivity contribution < 1.29 is 31.0 Å². The summed E-state index contributed by atoms with van der Waals surface area (Å²) in [4.78, 5) is 0. The zero-order valence-corrected chi connectivity index (χ0v) is 14.4. The zero-order valence-electron chi connectivity index (χ0n) is 11.2. The third kappa shape index (κ3) is 2.72. The van der Waals surface area contributed by atoms with E-state index in [4.69, 9.17) is 9.47 Å². The lowest BCUT2D eigenvalue weighted by Gasteiger charge is -2.13. The van der Waals surface area contributed by atoms with E-state index in [9.17, 15) is 0 Å². The fourth-order valence-electron chi connectivity index (χ4n) is 2.67. The predicted octanol–water partition coefficient (Wildman–Crippen LogP) is 0.501. The largest absolute Gasteiger partial charge is 1.00 e. The van der Waals surface area contributed by atoms with Crippen LogP contribution in [0, 0.1) is 0 Å². The second-order valence-corrected chi connectivity index (χ2v) is 5.87. The first kappa shape index (κ1) is 14.6. The van der Waals surface area contributed by atoms with Crippen molar-refractivity contribution in [2.75, 3.05) is 13.3 Å². The molecule has 108 valence electrons. The number of hydrogen-bond donors (Lipinski definition) is 0. The second kappa shape index (κ2) is 5.81. The van der Waals surface area contributed by atoms with Crippen LogP contribution in [0.3, 0.4) is 0 Å². The van der Waals surface area contributed by atoms with Crippen molar-refractivity contribution >= 4 is 27.8 Å². The van der Waals surface area contributed by atoms with E-state index < -0.39 is 0 Å². The molecule has 0 fully saturated rings. The Balaban J connectivity index is 0.00000132. The molecule has 0 amide bonds. The van der Waals surface area contributed by atoms with E-state index in [0.29, 0.717) is 6.79 Å². The molecule has 0 spiro atoms. The van der Waals surface area contributed by atoms with Gasteiger partial charge in [-0.05, 0) is 23.8 Å². The average molecular weight is 411 g/mol. The SMILES string of the molecule is Brc1cccc([N+]2=Cc3cc4c(cc3CC2)OCO4)c1.[Br-]. The van der Waals surface area contributed by atoms with Crippen LogP contribution in [0.25, 0.3) is 0 Å². The quantitative estimate of drug-likeness (QED) is 0.638. The molecular weight excluding hydrogens is 398 g/mol. The zero-order chi connectivity index (χ0) is 13.5. The summed E-state index contributed by atoms with van der Waals surface area (Å²) >= 11 is 3.52. The van der Waals surface area contributed by atoms with Crippen LogP contribution in [0.15, 0.2) is 40.9 Å². The highest BCUT2D eigenvalue weighted by atomic mass is 79.9. The molecule has 2 aromatic carbocycles. The topological polar surface area (TPSA) is 21.5 Å². The van der Waals surface area contributed by atoms with E-state index in [1.165, 1.54) is 16.8 Å². The number of benzene rings is 2. The molecule has 0 unspecified atom stereocenters. The van der Waals surface area contributed by atoms with Gasteiger partial charge in [0.15, 0.2) is 24.3 Å². The molecule has 5 heteroatoms. The first-order valence-electron chi connectivity index (χ1n) is 6.59. The van der Waals surface area contributed by atoms with Gasteiger partial charge in [-0.25, -0.2) is 0 Å². The summed E-state index contributed by atoms with van der Waals surface area (Å²) < 4.78 is 14.3. The van der Waals surface area contributed by atoms with Gasteiger partial charge in [0.25, 0.3) is 0 Å². The molecule has 21 heavy (non-hydrogen) atoms. The van der Waals surface area contributed by atoms with Gasteiger partial charge in [0.1, 0.15) is 0 Å². The molecule has 0 saturated heterocycles. The van der Waals surface area contributed by atoms with Crippen LogP contribution < -0.4 is 26.5 Å². The Hall–Kier alpha value is -1.33. The molecule has 0 N–H and O–H groups in total. The van der Waals surface area contributed by atoms with Crippen molar-refractivity contribution in [1.82, 2.24) is 0 Å². The van der Waals surface area contributed by atoms with Gasteiger partial charge in [-0.3, -0.25) is 0 Å². The maximum atomic E-state index is 5.46. The molecular formula is C16H13Br2NO2. The summed E-state index contributed by atoms with van der Waals surface area (Å²) in [6.45, 7) is 1.30. The maximum absolute atomic E-state index is 5.46. The maximum Gasteiger partial charge on any atom is 0.231 e. The lowest BCUT2D eigenvalue weighted by Crippen LogP contribution is -3.00. The van der Waals surface area contributed by atoms with E-state index in [1.54, 1.807) is 0 Å². The van der Waals surface area contributed by atoms with Gasteiger partial charge in [-0.2, -0.15) is 4.58 Å². The first-order chi connectivity index (χ1) is 9.79. The highest BCUT2D eigenvalue weighted by Crippen LogP contribution is 2.35. The average Bonchev–Trinajstić information content (AvgIpc) is 2.91. The first-order valence-corrected chi connectivity index (χ1v) is 7.38. The van der Waals surface area contributed by atoms with Crippen molar-refractivity contribution in [3.05, 3.63) is 52.0 Å². The van der Waals surface area contributed by atoms with Crippen LogP contribution in [0.2, 0.25) is 0 Å². The molecule has 0 saturated carbocycles. The number of fused-ring (bicyclic) bond motifs is 2. The smallest absolute Gasteiger partial charge is 0.231 e. The molecule has 2 aliphatic heterocycles. The van der Waals surface area contributed by atoms with E-state index >= 15 is 0 Å². The van der Waals surface area contributed by atoms with Crippen LogP contribution in [0.4, 0.5) is 5.69 Å². The fourth-order valence-corrected chi connectivity index (χ4v) is 3.06. The lowest BCUT2D eigenvalue weighted by molar-refractivity contribution is -0.436. The van der Waals surface area contributed by atoms with Crippen molar-refractivity contribution in [3.63, 3.8) is 0 Å². The summed E-state index contributed by atoms with van der Waals surface area (Å²) in [7, 11) is 0. The third-order valence-electron chi connectivity index (χ3n) is 3.69. The summed E-state index contributed by atoms with van der Waals surface area (Å²) in [5, 5.41) is 0. The van der Waals surface area contributed by atoms with Gasteiger partial charge < -0.3 is 26.5 Å². The van der Waals surface area contributed by atoms with Crippen molar-refractivity contribution in [3.8, 4) is 11.5 Å². The molecule has 2 aliphatic rings. The summed E-state index contributed by atoms with van der Waals surface area (Å²) in [5.41, 5.74) is 3.73. The van der Waals surface area contributed by atoms with Gasteiger partial charge in [0.05, 0.1) is 0 Å². The standard InChI is InChI=1S/C16H13BrNO2.BrH/c17-13-2-1-3-14(8-13)18-5-4-11-6-15-16(20-10-19-15)7-12(11)9-18;/h1-3,6-9H,4-5,10H2;1H/q+1;/p-1. The summed E-state index contributed by atoms with van der Waals surface area (Å²) in [6, 6.07) is 12.5. The molecule has 0 bridgehead atoms. The van der Waals surface area contributed by atoms with Crippen LogP contribution in [0.1, 0.15) is 11.1 Å². The van der Waals surface area contributed by atoms with E-state index in [0.717, 1.165) is 28.9 Å². The minimum absolute atomic E-state index is 0. The van der Waals surface area contributed by atoms with Gasteiger partial charge in [0.2, 0.25) is 12.5 Å². The molecule has 0 radical (unpaired) electrons. The number of hydrogen-bond acceptors (Lipinski definition) is 2. The molecule has 2 heterocycles. The second-order valence-electron chi connectivity index (χ2n) is 4.96. The molecule has 3 nitrogen and oxygen atoms in total. The van der Waals surface area contributed by atoms with Crippen molar-refractivity contribution in [2.45, 2.75) is 6.42 Å². The van der Waals surface area contributed by atoms with Crippen LogP contribution in [0.5, 0.6) is 11.5 Å². The third-order valence-corrected chi connectivity index (χ3v) is 4.18. The number of rotatable bonds is 1. The van der Waals surface area contributed by atoms with Crippen LogP contribution in [-0.2, 0) is 6.42 Å². The van der Waals surface area contributed by atoms with Crippen molar-refractivity contribution in [2.24, 2.45) is 0 Å². The van der Waals surface area contributed by atoms with Crippen LogP contribution in [-0.4, -0.2) is 24.1 Å². The molecule has 2 aromatic rings. The van der Waals surface area contributed by atoms with E-state index in [-0.39, 0.29) is 17.0 Å². The van der Waals surface area contributed by atoms with E-state index in [1.807, 2.05) is 6.07 Å². The van der Waals surface area contributed by atoms with Gasteiger partial charge >= 0.3 is 0 Å². The summed E-state index contributed by atoms with van der Waals surface area (Å²) in [5.74, 6) is 1.71. The van der Waals surface area contributed by atoms with Crippen molar-refractivity contribution in [1.29, 1.82) is 0 Å². The Morgan fingerprint density at radius 3 is 2.67 bits per heavy atom. The Bertz CT molecular complexity index is 728. The minimum Gasteiger partial charge on any atom is -1.00 e. The Morgan fingerprint density at radius 1 is 1.05 bits per heavy atom. The highest BCUT2D eigenvalue weighted by molar-refractivity contribution is 9.10. The molecule has 0 aliphatic carbocycles. The highest BCUT2D eigenvalue weighted by Gasteiger charge is 2.23. The fraction of sp³-hybridized carbons (Fsp3) is 0.188. The number of halogens is 2. The number of nitrogens with zero attached hydrogens (tertiary/aromatic N) is 1. The minimum atomic E-state index is 0. The van der Waals surface area contributed by atoms with Crippen LogP contribution >= 0.6 is 15.9 Å². The van der Waals surface area contributed by atoms with Gasteiger partial charge in [-0.1, -0.05) is 22.0 Å².